The van der Waals surface area contributed by atoms with E-state index >= 15 is 0 Å². The molecule has 0 atom stereocenters. The number of ether oxygens (including phenoxy) is 2. The zero-order valence-electron chi connectivity index (χ0n) is 16.3. The summed E-state index contributed by atoms with van der Waals surface area (Å²) in [5.74, 6) is 1.14. The summed E-state index contributed by atoms with van der Waals surface area (Å²) in [6.45, 7) is 2.59. The Bertz CT molecular complexity index is 1050. The summed E-state index contributed by atoms with van der Waals surface area (Å²) < 4.78 is 11.2. The van der Waals surface area contributed by atoms with E-state index in [9.17, 15) is 9.59 Å². The quantitative estimate of drug-likeness (QED) is 0.532. The molecule has 0 aliphatic carbocycles. The van der Waals surface area contributed by atoms with Gasteiger partial charge in [0, 0.05) is 18.7 Å². The molecule has 0 radical (unpaired) electrons. The van der Waals surface area contributed by atoms with Gasteiger partial charge in [0.1, 0.15) is 4.32 Å². The lowest BCUT2D eigenvalue weighted by Gasteiger charge is -2.14. The second kappa shape index (κ2) is 8.89. The number of thiocarbonyl (C=S) groups is 1. The number of thioether (sulfide) groups is 1. The summed E-state index contributed by atoms with van der Waals surface area (Å²) in [4.78, 5) is 27.0. The molecule has 2 amide bonds. The summed E-state index contributed by atoms with van der Waals surface area (Å²) in [6, 6.07) is 13.2. The van der Waals surface area contributed by atoms with Crippen molar-refractivity contribution in [2.75, 3.05) is 18.7 Å². The lowest BCUT2D eigenvalue weighted by atomic mass is 10.2. The molecule has 2 aromatic rings. The first-order valence-corrected chi connectivity index (χ1v) is 10.7. The monoisotopic (exact) mass is 440 g/mol. The first-order valence-electron chi connectivity index (χ1n) is 9.51. The third-order valence-electron chi connectivity index (χ3n) is 4.66. The molecular weight excluding hydrogens is 420 g/mol. The second-order valence-electron chi connectivity index (χ2n) is 6.97. The van der Waals surface area contributed by atoms with E-state index in [1.807, 2.05) is 49.4 Å². The summed E-state index contributed by atoms with van der Waals surface area (Å²) in [6.07, 6.45) is 2.64. The molecule has 30 heavy (non-hydrogen) atoms. The molecule has 2 heterocycles. The number of nitrogens with zero attached hydrogens (tertiary/aromatic N) is 1. The van der Waals surface area contributed by atoms with Crippen LogP contribution in [-0.4, -0.2) is 34.4 Å². The van der Waals surface area contributed by atoms with Crippen LogP contribution in [0.15, 0.2) is 47.4 Å². The van der Waals surface area contributed by atoms with Gasteiger partial charge < -0.3 is 14.8 Å². The maximum Gasteiger partial charge on any atom is 0.266 e. The molecule has 0 spiro atoms. The van der Waals surface area contributed by atoms with Crippen LogP contribution in [0.3, 0.4) is 0 Å². The highest BCUT2D eigenvalue weighted by Gasteiger charge is 2.31. The normalized spacial score (nSPS) is 16.4. The van der Waals surface area contributed by atoms with Crippen molar-refractivity contribution in [3.8, 4) is 11.5 Å². The van der Waals surface area contributed by atoms with Crippen LogP contribution in [0.2, 0.25) is 0 Å². The number of aryl methyl sites for hydroxylation is 1. The molecule has 2 aliphatic rings. The van der Waals surface area contributed by atoms with Crippen LogP contribution < -0.4 is 14.8 Å². The van der Waals surface area contributed by atoms with Crippen LogP contribution in [0.5, 0.6) is 11.5 Å². The Morgan fingerprint density at radius 2 is 2.07 bits per heavy atom. The molecule has 0 unspecified atom stereocenters. The van der Waals surface area contributed by atoms with Crippen molar-refractivity contribution in [2.45, 2.75) is 19.8 Å². The van der Waals surface area contributed by atoms with Gasteiger partial charge >= 0.3 is 0 Å². The number of anilines is 1. The fourth-order valence-electron chi connectivity index (χ4n) is 3.19. The number of rotatable bonds is 6. The van der Waals surface area contributed by atoms with Crippen LogP contribution in [0, 0.1) is 6.92 Å². The average Bonchev–Trinajstić information content (AvgIpc) is 3.27. The number of benzene rings is 2. The Balaban J connectivity index is 1.32. The van der Waals surface area contributed by atoms with Gasteiger partial charge in [-0.25, -0.2) is 0 Å². The highest BCUT2D eigenvalue weighted by Crippen LogP contribution is 2.36. The molecule has 1 N–H and O–H groups in total. The molecule has 4 rings (SSSR count). The van der Waals surface area contributed by atoms with Crippen LogP contribution in [0.1, 0.15) is 24.0 Å². The molecular formula is C22H20N2O4S2. The number of amides is 2. The summed E-state index contributed by atoms with van der Waals surface area (Å²) in [5.41, 5.74) is 2.70. The van der Waals surface area contributed by atoms with Crippen molar-refractivity contribution in [1.82, 2.24) is 4.90 Å². The first kappa shape index (κ1) is 20.4. The maximum absolute atomic E-state index is 12.8. The predicted molar refractivity (Wildman–Crippen MR) is 121 cm³/mol. The Morgan fingerprint density at radius 3 is 2.90 bits per heavy atom. The minimum absolute atomic E-state index is 0.0815. The zero-order chi connectivity index (χ0) is 21.1. The van der Waals surface area contributed by atoms with Crippen LogP contribution >= 0.6 is 24.0 Å². The topological polar surface area (TPSA) is 67.9 Å². The van der Waals surface area contributed by atoms with Crippen LogP contribution in [0.25, 0.3) is 6.08 Å². The van der Waals surface area contributed by atoms with Crippen molar-refractivity contribution in [1.29, 1.82) is 0 Å². The van der Waals surface area contributed by atoms with Gasteiger partial charge in [0.2, 0.25) is 12.7 Å². The Labute approximate surface area is 184 Å². The summed E-state index contributed by atoms with van der Waals surface area (Å²) in [7, 11) is 0. The summed E-state index contributed by atoms with van der Waals surface area (Å²) >= 11 is 6.64. The first-order chi connectivity index (χ1) is 14.5. The van der Waals surface area contributed by atoms with E-state index < -0.39 is 0 Å². The number of hydrogen-bond donors (Lipinski definition) is 1. The number of hydrogen-bond acceptors (Lipinski definition) is 6. The molecule has 2 aliphatic heterocycles. The van der Waals surface area contributed by atoms with E-state index in [2.05, 4.69) is 5.32 Å². The SMILES string of the molecule is Cc1cccc(NC(=O)CCCN2C(=O)/C(=C/c3ccc4c(c3)OCO4)SC2=S)c1. The molecule has 6 nitrogen and oxygen atoms in total. The lowest BCUT2D eigenvalue weighted by molar-refractivity contribution is -0.122. The van der Waals surface area contributed by atoms with Crippen LogP contribution in [0.4, 0.5) is 5.69 Å². The van der Waals surface area contributed by atoms with E-state index in [4.69, 9.17) is 21.7 Å². The third-order valence-corrected chi connectivity index (χ3v) is 6.03. The third kappa shape index (κ3) is 4.66. The minimum atomic E-state index is -0.137. The summed E-state index contributed by atoms with van der Waals surface area (Å²) in [5, 5.41) is 2.88. The van der Waals surface area contributed by atoms with Crippen molar-refractivity contribution < 1.29 is 19.1 Å². The number of nitrogens with one attached hydrogen (secondary N) is 1. The van der Waals surface area contributed by atoms with Gasteiger partial charge in [-0.05, 0) is 54.8 Å². The Morgan fingerprint density at radius 1 is 1.23 bits per heavy atom. The van der Waals surface area contributed by atoms with Gasteiger partial charge in [0.25, 0.3) is 5.91 Å². The zero-order valence-corrected chi connectivity index (χ0v) is 18.0. The minimum Gasteiger partial charge on any atom is -0.454 e. The standard InChI is InChI=1S/C22H20N2O4S2/c1-14-4-2-5-16(10-14)23-20(25)6-3-9-24-21(26)19(30-22(24)29)12-15-7-8-17-18(11-15)28-13-27-17/h2,4-5,7-8,10-12H,3,6,9,13H2,1H3,(H,23,25)/b19-12-. The van der Waals surface area contributed by atoms with E-state index in [1.54, 1.807) is 11.0 Å². The maximum atomic E-state index is 12.8. The second-order valence-corrected chi connectivity index (χ2v) is 8.64. The van der Waals surface area contributed by atoms with E-state index in [1.165, 1.54) is 11.8 Å². The molecule has 2 aromatic carbocycles. The predicted octanol–water partition coefficient (Wildman–Crippen LogP) is 4.34. The largest absolute Gasteiger partial charge is 0.454 e. The molecule has 0 bridgehead atoms. The van der Waals surface area contributed by atoms with Gasteiger partial charge in [0.15, 0.2) is 11.5 Å². The van der Waals surface area contributed by atoms with Crippen LogP contribution in [-0.2, 0) is 9.59 Å². The van der Waals surface area contributed by atoms with E-state index in [-0.39, 0.29) is 18.6 Å². The Hall–Kier alpha value is -2.84. The van der Waals surface area contributed by atoms with Crippen molar-refractivity contribution >= 4 is 51.9 Å². The lowest BCUT2D eigenvalue weighted by Crippen LogP contribution is -2.29. The van der Waals surface area contributed by atoms with E-state index in [0.29, 0.717) is 40.1 Å². The smallest absolute Gasteiger partial charge is 0.266 e. The molecule has 1 fully saturated rings. The van der Waals surface area contributed by atoms with E-state index in [0.717, 1.165) is 16.8 Å². The molecule has 154 valence electrons. The average molecular weight is 441 g/mol. The van der Waals surface area contributed by atoms with Crippen molar-refractivity contribution in [3.63, 3.8) is 0 Å². The number of carbonyl (C=O) groups excluding carboxylic acids is 2. The highest BCUT2D eigenvalue weighted by molar-refractivity contribution is 8.26. The fourth-order valence-corrected chi connectivity index (χ4v) is 4.50. The van der Waals surface area contributed by atoms with Gasteiger partial charge in [-0.1, -0.05) is 42.2 Å². The number of carbonyl (C=O) groups is 2. The molecule has 0 aromatic heterocycles. The highest BCUT2D eigenvalue weighted by atomic mass is 32.2. The Kier molecular flexibility index (Phi) is 6.06. The van der Waals surface area contributed by atoms with Gasteiger partial charge in [0.05, 0.1) is 4.91 Å². The van der Waals surface area contributed by atoms with Crippen molar-refractivity contribution in [2.24, 2.45) is 0 Å². The van der Waals surface area contributed by atoms with Gasteiger partial charge in [-0.2, -0.15) is 0 Å². The molecule has 1 saturated heterocycles. The van der Waals surface area contributed by atoms with Gasteiger partial charge in [-0.15, -0.1) is 0 Å². The fraction of sp³-hybridized carbons (Fsp3) is 0.227. The molecule has 8 heteroatoms. The number of fused-ring (bicyclic) bond motifs is 1. The molecule has 0 saturated carbocycles. The van der Waals surface area contributed by atoms with Gasteiger partial charge in [-0.3, -0.25) is 14.5 Å². The van der Waals surface area contributed by atoms with Crippen molar-refractivity contribution in [3.05, 3.63) is 58.5 Å².